The maximum atomic E-state index is 15.1. The van der Waals surface area contributed by atoms with Crippen molar-refractivity contribution < 1.29 is 36.6 Å². The normalized spacial score (nSPS) is 18.1. The van der Waals surface area contributed by atoms with E-state index in [1.165, 1.54) is 28.8 Å². The molecule has 2 aromatic heterocycles. The number of rotatable bonds is 2. The van der Waals surface area contributed by atoms with Gasteiger partial charge in [-0.05, 0) is 24.1 Å². The number of carbonyl (C=O) groups is 1. The standard InChI is InChI=1S/C27H17F5N2O4/c1-2-27(37)8-17(35)38-10-13-14(27)7-16-25-12(9-34(16)26(13)36)18(11-5-3-4-6-15(11)33-25)19-20(28)22(30)24(32)23(31)21(19)29/h3-7,37H,2,8-10H2,1H3/t27-/m1/s1. The molecule has 0 radical (unpaired) electrons. The number of benzene rings is 2. The van der Waals surface area contributed by atoms with Crippen LogP contribution in [-0.2, 0) is 28.3 Å². The SMILES string of the molecule is CC[C@@]1(O)CC(=O)OCc2c1cc1n(c2=O)Cc2c-1nc1ccccc1c2-c1c(F)c(F)c(F)c(F)c1F. The van der Waals surface area contributed by atoms with Gasteiger partial charge >= 0.3 is 5.97 Å². The number of pyridine rings is 2. The van der Waals surface area contributed by atoms with Gasteiger partial charge in [-0.2, -0.15) is 0 Å². The van der Waals surface area contributed by atoms with Crippen molar-refractivity contribution in [1.29, 1.82) is 0 Å². The summed E-state index contributed by atoms with van der Waals surface area (Å²) in [5.41, 5.74) is -3.08. The first-order valence-corrected chi connectivity index (χ1v) is 11.7. The van der Waals surface area contributed by atoms with Crippen molar-refractivity contribution in [1.82, 2.24) is 9.55 Å². The Balaban J connectivity index is 1.72. The predicted octanol–water partition coefficient (Wildman–Crippen LogP) is 4.83. The molecule has 194 valence electrons. The van der Waals surface area contributed by atoms with Crippen molar-refractivity contribution in [2.45, 2.75) is 38.5 Å². The van der Waals surface area contributed by atoms with Crippen molar-refractivity contribution in [3.8, 4) is 22.5 Å². The maximum absolute atomic E-state index is 15.1. The van der Waals surface area contributed by atoms with E-state index < -0.39 is 64.8 Å². The molecule has 0 spiro atoms. The Labute approximate surface area is 210 Å². The minimum absolute atomic E-state index is 0.0269. The van der Waals surface area contributed by atoms with E-state index in [1.807, 2.05) is 0 Å². The second-order valence-corrected chi connectivity index (χ2v) is 9.31. The molecule has 4 heterocycles. The maximum Gasteiger partial charge on any atom is 0.309 e. The van der Waals surface area contributed by atoms with Crippen molar-refractivity contribution in [3.05, 3.63) is 86.5 Å². The zero-order chi connectivity index (χ0) is 27.1. The van der Waals surface area contributed by atoms with Gasteiger partial charge in [-0.3, -0.25) is 9.59 Å². The smallest absolute Gasteiger partial charge is 0.309 e. The average molecular weight is 528 g/mol. The lowest BCUT2D eigenvalue weighted by atomic mass is 9.85. The molecule has 1 atom stereocenters. The number of aliphatic hydroxyl groups is 1. The molecule has 11 heteroatoms. The Bertz CT molecular complexity index is 1760. The largest absolute Gasteiger partial charge is 0.460 e. The molecule has 0 aliphatic carbocycles. The van der Waals surface area contributed by atoms with Gasteiger partial charge in [-0.25, -0.2) is 26.9 Å². The monoisotopic (exact) mass is 528 g/mol. The molecule has 0 amide bonds. The first-order chi connectivity index (χ1) is 18.1. The van der Waals surface area contributed by atoms with Gasteiger partial charge < -0.3 is 14.4 Å². The molecule has 0 bridgehead atoms. The Hall–Kier alpha value is -4.12. The Morgan fingerprint density at radius 3 is 2.32 bits per heavy atom. The molecule has 0 saturated carbocycles. The van der Waals surface area contributed by atoms with E-state index in [4.69, 9.17) is 4.74 Å². The van der Waals surface area contributed by atoms with Gasteiger partial charge in [0.1, 0.15) is 12.2 Å². The molecule has 0 saturated heterocycles. The van der Waals surface area contributed by atoms with Gasteiger partial charge in [0.05, 0.1) is 41.0 Å². The second kappa shape index (κ2) is 8.19. The Morgan fingerprint density at radius 2 is 1.63 bits per heavy atom. The molecule has 6 nitrogen and oxygen atoms in total. The summed E-state index contributed by atoms with van der Waals surface area (Å²) in [6.07, 6.45) is -0.320. The number of para-hydroxylation sites is 1. The predicted molar refractivity (Wildman–Crippen MR) is 124 cm³/mol. The van der Waals surface area contributed by atoms with Crippen molar-refractivity contribution >= 4 is 16.9 Å². The van der Waals surface area contributed by atoms with Crippen LogP contribution in [0.15, 0.2) is 35.1 Å². The van der Waals surface area contributed by atoms with E-state index >= 15 is 8.78 Å². The summed E-state index contributed by atoms with van der Waals surface area (Å²) in [5.74, 6) is -11.2. The lowest BCUT2D eigenvalue weighted by Gasteiger charge is -2.26. The first-order valence-electron chi connectivity index (χ1n) is 11.7. The van der Waals surface area contributed by atoms with Gasteiger partial charge in [-0.1, -0.05) is 25.1 Å². The third-order valence-electron chi connectivity index (χ3n) is 7.31. The van der Waals surface area contributed by atoms with Gasteiger partial charge in [-0.15, -0.1) is 0 Å². The average Bonchev–Trinajstić information content (AvgIpc) is 3.21. The highest BCUT2D eigenvalue weighted by Gasteiger charge is 2.40. The van der Waals surface area contributed by atoms with Crippen LogP contribution in [0.2, 0.25) is 0 Å². The molecule has 1 N–H and O–H groups in total. The van der Waals surface area contributed by atoms with Crippen molar-refractivity contribution in [2.24, 2.45) is 0 Å². The number of hydrogen-bond donors (Lipinski definition) is 1. The fraction of sp³-hybridized carbons (Fsp3) is 0.222. The van der Waals surface area contributed by atoms with Crippen LogP contribution in [0.1, 0.15) is 36.5 Å². The lowest BCUT2D eigenvalue weighted by Crippen LogP contribution is -2.32. The highest BCUT2D eigenvalue weighted by molar-refractivity contribution is 6.00. The zero-order valence-corrected chi connectivity index (χ0v) is 19.7. The minimum atomic E-state index is -2.28. The number of nitrogens with zero attached hydrogens (tertiary/aromatic N) is 2. The highest BCUT2D eigenvalue weighted by Crippen LogP contribution is 2.45. The highest BCUT2D eigenvalue weighted by atomic mass is 19.2. The number of halogens is 5. The van der Waals surface area contributed by atoms with E-state index in [9.17, 15) is 27.9 Å². The Morgan fingerprint density at radius 1 is 0.974 bits per heavy atom. The quantitative estimate of drug-likeness (QED) is 0.154. The number of cyclic esters (lactones) is 1. The van der Waals surface area contributed by atoms with Crippen LogP contribution < -0.4 is 5.56 Å². The van der Waals surface area contributed by atoms with E-state index in [0.717, 1.165) is 0 Å². The molecule has 6 rings (SSSR count). The summed E-state index contributed by atoms with van der Waals surface area (Å²) in [6.45, 7) is 0.933. The van der Waals surface area contributed by atoms with Crippen LogP contribution in [0.3, 0.4) is 0 Å². The number of hydrogen-bond acceptors (Lipinski definition) is 5. The molecule has 4 aromatic rings. The molecule has 0 fully saturated rings. The number of carbonyl (C=O) groups excluding carboxylic acids is 1. The zero-order valence-electron chi connectivity index (χ0n) is 19.7. The summed E-state index contributed by atoms with van der Waals surface area (Å²) >= 11 is 0. The third-order valence-corrected chi connectivity index (χ3v) is 7.31. The van der Waals surface area contributed by atoms with Crippen LogP contribution in [-0.4, -0.2) is 20.6 Å². The molecule has 2 aliphatic heterocycles. The number of esters is 1. The lowest BCUT2D eigenvalue weighted by molar-refractivity contribution is -0.149. The van der Waals surface area contributed by atoms with E-state index in [0.29, 0.717) is 0 Å². The summed E-state index contributed by atoms with van der Waals surface area (Å²) < 4.78 is 78.9. The van der Waals surface area contributed by atoms with Crippen LogP contribution in [0.5, 0.6) is 0 Å². The Kier molecular flexibility index (Phi) is 5.22. The molecular formula is C27H17F5N2O4. The molecule has 38 heavy (non-hydrogen) atoms. The van der Waals surface area contributed by atoms with E-state index in [-0.39, 0.29) is 57.5 Å². The van der Waals surface area contributed by atoms with Crippen LogP contribution in [0, 0.1) is 29.1 Å². The van der Waals surface area contributed by atoms with Crippen LogP contribution in [0.25, 0.3) is 33.4 Å². The minimum Gasteiger partial charge on any atom is -0.460 e. The first kappa shape index (κ1) is 24.2. The summed E-state index contributed by atoms with van der Waals surface area (Å²) in [4.78, 5) is 30.3. The number of aromatic nitrogens is 2. The van der Waals surface area contributed by atoms with Gasteiger partial charge in [0.25, 0.3) is 5.56 Å². The molecule has 2 aliphatic rings. The van der Waals surface area contributed by atoms with Crippen LogP contribution in [0.4, 0.5) is 22.0 Å². The summed E-state index contributed by atoms with van der Waals surface area (Å²) in [5, 5.41) is 11.4. The fourth-order valence-electron chi connectivity index (χ4n) is 5.34. The summed E-state index contributed by atoms with van der Waals surface area (Å²) in [6, 6.07) is 7.52. The number of fused-ring (bicyclic) bond motifs is 5. The van der Waals surface area contributed by atoms with Gasteiger partial charge in [0.15, 0.2) is 23.3 Å². The van der Waals surface area contributed by atoms with Crippen LogP contribution >= 0.6 is 0 Å². The van der Waals surface area contributed by atoms with Crippen molar-refractivity contribution in [2.75, 3.05) is 0 Å². The van der Waals surface area contributed by atoms with Gasteiger partial charge in [0.2, 0.25) is 5.82 Å². The topological polar surface area (TPSA) is 81.4 Å². The van der Waals surface area contributed by atoms with E-state index in [1.54, 1.807) is 13.0 Å². The summed E-state index contributed by atoms with van der Waals surface area (Å²) in [7, 11) is 0. The van der Waals surface area contributed by atoms with E-state index in [2.05, 4.69) is 4.98 Å². The fourth-order valence-corrected chi connectivity index (χ4v) is 5.34. The third kappa shape index (κ3) is 3.17. The van der Waals surface area contributed by atoms with Crippen molar-refractivity contribution in [3.63, 3.8) is 0 Å². The molecular weight excluding hydrogens is 511 g/mol. The number of ether oxygens (including phenoxy) is 1. The molecule has 2 aromatic carbocycles. The second-order valence-electron chi connectivity index (χ2n) is 9.31. The molecule has 0 unspecified atom stereocenters. The van der Waals surface area contributed by atoms with Gasteiger partial charge in [0, 0.05) is 16.5 Å².